The first-order valence-corrected chi connectivity index (χ1v) is 8.79. The molecule has 7 heteroatoms. The van der Waals surface area contributed by atoms with E-state index in [1.165, 1.54) is 0 Å². The highest BCUT2D eigenvalue weighted by atomic mass is 32.9. The quantitative estimate of drug-likeness (QED) is 0.423. The van der Waals surface area contributed by atoms with Gasteiger partial charge in [0.2, 0.25) is 0 Å². The van der Waals surface area contributed by atoms with Crippen LogP contribution in [0.5, 0.6) is 0 Å². The van der Waals surface area contributed by atoms with E-state index in [0.29, 0.717) is 19.2 Å². The summed E-state index contributed by atoms with van der Waals surface area (Å²) in [5.41, 5.74) is -2.08. The van der Waals surface area contributed by atoms with Crippen molar-refractivity contribution in [2.75, 3.05) is 19.9 Å². The average Bonchev–Trinajstić information content (AvgIpc) is 2.47. The Kier molecular flexibility index (Phi) is 5.64. The van der Waals surface area contributed by atoms with Crippen LogP contribution in [0.25, 0.3) is 0 Å². The normalized spacial score (nSPS) is 35.3. The van der Waals surface area contributed by atoms with E-state index in [1.54, 1.807) is 7.11 Å². The zero-order chi connectivity index (χ0) is 11.5. The monoisotopic (exact) mass is 265 g/mol. The summed E-state index contributed by atoms with van der Waals surface area (Å²) >= 11 is 10.4. The molecule has 0 aliphatic carbocycles. The molecule has 4 atom stereocenters. The maximum absolute atomic E-state index is 5.74. The third kappa shape index (κ3) is 4.37. The molecule has 1 saturated heterocycles. The van der Waals surface area contributed by atoms with Crippen molar-refractivity contribution in [3.05, 3.63) is 0 Å². The molecule has 0 amide bonds. The molecule has 2 radical (unpaired) electrons. The summed E-state index contributed by atoms with van der Waals surface area (Å²) in [6.45, 7) is 2.42. The van der Waals surface area contributed by atoms with E-state index in [-0.39, 0.29) is 18.2 Å². The number of hydrogen-bond donors (Lipinski definition) is 0. The van der Waals surface area contributed by atoms with E-state index in [2.05, 4.69) is 0 Å². The van der Waals surface area contributed by atoms with Gasteiger partial charge in [-0.3, -0.25) is 0 Å². The van der Waals surface area contributed by atoms with Crippen molar-refractivity contribution in [3.8, 4) is 0 Å². The van der Waals surface area contributed by atoms with Crippen LogP contribution in [0.3, 0.4) is 0 Å². The van der Waals surface area contributed by atoms with E-state index in [4.69, 9.17) is 45.9 Å². The average molecular weight is 265 g/mol. The van der Waals surface area contributed by atoms with Crippen LogP contribution in [0.1, 0.15) is 13.3 Å². The van der Waals surface area contributed by atoms with Gasteiger partial charge in [0.05, 0.1) is 12.7 Å². The van der Waals surface area contributed by atoms with E-state index in [1.807, 2.05) is 6.92 Å². The predicted octanol–water partition coefficient (Wildman–Crippen LogP) is 1.18. The molecule has 1 rings (SSSR count). The largest absolute Gasteiger partial charge is 0.719 e. The maximum atomic E-state index is 5.74. The van der Waals surface area contributed by atoms with Crippen LogP contribution in [0.15, 0.2) is 0 Å². The van der Waals surface area contributed by atoms with Crippen molar-refractivity contribution in [2.24, 2.45) is 0 Å². The van der Waals surface area contributed by atoms with Crippen LogP contribution in [-0.2, 0) is 38.1 Å². The Labute approximate surface area is 103 Å². The third-order valence-electron chi connectivity index (χ3n) is 2.24. The second-order valence-electron chi connectivity index (χ2n) is 3.48. The van der Waals surface area contributed by atoms with Crippen molar-refractivity contribution >= 4 is 37.4 Å². The van der Waals surface area contributed by atoms with Crippen LogP contribution in [0.4, 0.5) is 0 Å². The lowest BCUT2D eigenvalue weighted by molar-refractivity contribution is -0.00756. The van der Waals surface area contributed by atoms with Gasteiger partial charge in [0, 0.05) is 13.1 Å². The highest BCUT2D eigenvalue weighted by Gasteiger charge is 2.34. The fourth-order valence-corrected chi connectivity index (χ4v) is 2.90. The molecule has 1 aliphatic heterocycles. The number of hydrogen-bond acceptors (Lipinski definition) is 5. The molecule has 3 nitrogen and oxygen atoms in total. The van der Waals surface area contributed by atoms with Crippen molar-refractivity contribution in [1.82, 2.24) is 0 Å². The summed E-state index contributed by atoms with van der Waals surface area (Å²) in [5.74, 6) is 0. The number of rotatable bonds is 5. The molecule has 15 heavy (non-hydrogen) atoms. The summed E-state index contributed by atoms with van der Waals surface area (Å²) in [6, 6.07) is -0.294. The minimum Gasteiger partial charge on any atom is -0.719 e. The minimum absolute atomic E-state index is 0.108. The SMILES string of the molecule is [B][C@H]1CC(OP(=S)([S-])CC)[C@@H](COC)O1. The van der Waals surface area contributed by atoms with Crippen LogP contribution < -0.4 is 0 Å². The van der Waals surface area contributed by atoms with E-state index in [0.717, 1.165) is 0 Å². The van der Waals surface area contributed by atoms with Gasteiger partial charge < -0.3 is 26.2 Å². The number of methoxy groups -OCH3 is 1. The summed E-state index contributed by atoms with van der Waals surface area (Å²) in [6.07, 6.45) is 1.11. The fourth-order valence-electron chi connectivity index (χ4n) is 1.45. The molecule has 0 spiro atoms. The molecular weight excluding hydrogens is 250 g/mol. The molecule has 0 saturated carbocycles. The summed E-state index contributed by atoms with van der Waals surface area (Å²) < 4.78 is 16.2. The van der Waals surface area contributed by atoms with Gasteiger partial charge in [-0.05, 0) is 12.6 Å². The molecule has 0 bridgehead atoms. The maximum Gasteiger partial charge on any atom is 0.109 e. The first-order valence-electron chi connectivity index (χ1n) is 4.87. The topological polar surface area (TPSA) is 27.7 Å². The lowest BCUT2D eigenvalue weighted by Gasteiger charge is -2.32. The Bertz CT molecular complexity index is 254. The molecule has 0 aromatic heterocycles. The van der Waals surface area contributed by atoms with Gasteiger partial charge >= 0.3 is 0 Å². The molecule has 0 aromatic rings. The highest BCUT2D eigenvalue weighted by molar-refractivity contribution is 8.53. The highest BCUT2D eigenvalue weighted by Crippen LogP contribution is 2.47. The van der Waals surface area contributed by atoms with Crippen LogP contribution in [-0.4, -0.2) is 45.9 Å². The first-order chi connectivity index (χ1) is 6.98. The van der Waals surface area contributed by atoms with E-state index < -0.39 is 5.47 Å². The van der Waals surface area contributed by atoms with Crippen LogP contribution in [0.2, 0.25) is 0 Å². The summed E-state index contributed by atoms with van der Waals surface area (Å²) in [4.78, 5) is 0. The molecule has 1 heterocycles. The minimum atomic E-state index is -2.08. The van der Waals surface area contributed by atoms with Crippen LogP contribution in [0, 0.1) is 0 Å². The fraction of sp³-hybridized carbons (Fsp3) is 1.00. The molecule has 1 fully saturated rings. The van der Waals surface area contributed by atoms with Gasteiger partial charge in [0.1, 0.15) is 14.0 Å². The van der Waals surface area contributed by atoms with Gasteiger partial charge in [-0.1, -0.05) is 24.2 Å². The summed E-state index contributed by atoms with van der Waals surface area (Å²) in [7, 11) is 7.31. The standard InChI is InChI=1S/C8H16BO3PS2/c1-3-13(14,15)12-6-4-8(9)11-7(6)5-10-2/h6-8H,3-5H2,1-2H3,(H,14,15)/p-1/t6?,7-,8-/m1/s1. The Balaban J connectivity index is 2.55. The van der Waals surface area contributed by atoms with Crippen molar-refractivity contribution in [1.29, 1.82) is 0 Å². The molecule has 86 valence electrons. The van der Waals surface area contributed by atoms with Gasteiger partial charge in [0.15, 0.2) is 0 Å². The Morgan fingerprint density at radius 3 is 2.87 bits per heavy atom. The van der Waals surface area contributed by atoms with Crippen molar-refractivity contribution in [2.45, 2.75) is 31.6 Å². The zero-order valence-corrected chi connectivity index (χ0v) is 11.4. The zero-order valence-electron chi connectivity index (χ0n) is 8.92. The second-order valence-corrected chi connectivity index (χ2v) is 9.77. The van der Waals surface area contributed by atoms with Crippen molar-refractivity contribution in [3.63, 3.8) is 0 Å². The smallest absolute Gasteiger partial charge is 0.109 e. The Morgan fingerprint density at radius 1 is 1.67 bits per heavy atom. The van der Waals surface area contributed by atoms with Gasteiger partial charge in [0.25, 0.3) is 0 Å². The molecule has 1 aliphatic rings. The lowest BCUT2D eigenvalue weighted by Crippen LogP contribution is -2.28. The van der Waals surface area contributed by atoms with Gasteiger partial charge in [-0.2, -0.15) is 0 Å². The molecule has 0 N–H and O–H groups in total. The molecule has 0 aromatic carbocycles. The summed E-state index contributed by atoms with van der Waals surface area (Å²) in [5, 5.41) is 0. The van der Waals surface area contributed by atoms with Crippen LogP contribution >= 0.6 is 5.47 Å². The first kappa shape index (κ1) is 14.0. The third-order valence-corrected chi connectivity index (χ3v) is 5.68. The number of ether oxygens (including phenoxy) is 2. The van der Waals surface area contributed by atoms with E-state index in [9.17, 15) is 0 Å². The van der Waals surface area contributed by atoms with E-state index >= 15 is 0 Å². The van der Waals surface area contributed by atoms with Gasteiger partial charge in [-0.25, -0.2) is 0 Å². The predicted molar refractivity (Wildman–Crippen MR) is 68.0 cm³/mol. The lowest BCUT2D eigenvalue weighted by atomic mass is 9.96. The Morgan fingerprint density at radius 2 is 2.33 bits per heavy atom. The molecular formula is C8H15BO3PS2-. The van der Waals surface area contributed by atoms with Crippen molar-refractivity contribution < 1.29 is 14.0 Å². The second kappa shape index (κ2) is 6.03. The van der Waals surface area contributed by atoms with Gasteiger partial charge in [-0.15, -0.1) is 0 Å². The molecule has 2 unspecified atom stereocenters. The Hall–Kier alpha value is 0.945.